The molecule has 2 amide bonds. The number of rotatable bonds is 7. The number of benzene rings is 1. The largest absolute Gasteiger partial charge is 0.337 e. The molecule has 0 aliphatic rings. The van der Waals surface area contributed by atoms with E-state index >= 15 is 0 Å². The van der Waals surface area contributed by atoms with Crippen LogP contribution in [0.5, 0.6) is 0 Å². The Bertz CT molecular complexity index is 960. The van der Waals surface area contributed by atoms with Gasteiger partial charge < -0.3 is 10.6 Å². The molecule has 0 radical (unpaired) electrons. The van der Waals surface area contributed by atoms with Crippen molar-refractivity contribution in [3.8, 4) is 0 Å². The number of nitrogens with zero attached hydrogens (tertiary/aromatic N) is 3. The second-order valence-corrected chi connectivity index (χ2v) is 8.17. The van der Waals surface area contributed by atoms with Crippen LogP contribution >= 0.6 is 11.3 Å². The first-order chi connectivity index (χ1) is 13.4. The lowest BCUT2D eigenvalue weighted by Crippen LogP contribution is -2.30. The molecular weight excluding hydrogens is 370 g/mol. The number of aryl methyl sites for hydroxylation is 4. The predicted octanol–water partition coefficient (Wildman–Crippen LogP) is 4.24. The number of thiazole rings is 1. The molecule has 0 fully saturated rings. The molecule has 0 saturated carbocycles. The maximum absolute atomic E-state index is 12.2. The van der Waals surface area contributed by atoms with E-state index in [0.29, 0.717) is 13.1 Å². The van der Waals surface area contributed by atoms with Crippen molar-refractivity contribution in [2.45, 2.75) is 47.1 Å². The van der Waals surface area contributed by atoms with Crippen LogP contribution in [0.3, 0.4) is 0 Å². The Balaban J connectivity index is 1.51. The quantitative estimate of drug-likeness (QED) is 0.626. The third-order valence-electron chi connectivity index (χ3n) is 4.52. The van der Waals surface area contributed by atoms with E-state index in [0.717, 1.165) is 46.2 Å². The van der Waals surface area contributed by atoms with Gasteiger partial charge in [0.05, 0.1) is 22.9 Å². The Hall–Kier alpha value is -2.67. The molecule has 0 spiro atoms. The lowest BCUT2D eigenvalue weighted by molar-refractivity contribution is 0.252. The first-order valence-corrected chi connectivity index (χ1v) is 10.4. The molecule has 0 aliphatic heterocycles. The Labute approximate surface area is 170 Å². The molecule has 0 saturated heterocycles. The highest BCUT2D eigenvalue weighted by Gasteiger charge is 2.08. The van der Waals surface area contributed by atoms with Gasteiger partial charge in [0, 0.05) is 29.2 Å². The second-order valence-electron chi connectivity index (χ2n) is 6.88. The zero-order valence-corrected chi connectivity index (χ0v) is 17.7. The van der Waals surface area contributed by atoms with Crippen LogP contribution in [0.25, 0.3) is 0 Å². The van der Waals surface area contributed by atoms with Gasteiger partial charge in [-0.3, -0.25) is 4.68 Å². The second kappa shape index (κ2) is 9.01. The normalized spacial score (nSPS) is 10.9. The monoisotopic (exact) mass is 397 g/mol. The first-order valence-electron chi connectivity index (χ1n) is 9.54. The molecule has 0 aliphatic carbocycles. The molecule has 28 heavy (non-hydrogen) atoms. The van der Waals surface area contributed by atoms with E-state index in [9.17, 15) is 4.79 Å². The Kier molecular flexibility index (Phi) is 6.46. The summed E-state index contributed by atoms with van der Waals surface area (Å²) in [5, 5.41) is 11.4. The van der Waals surface area contributed by atoms with Crippen LogP contribution in [0.15, 0.2) is 30.3 Å². The van der Waals surface area contributed by atoms with Crippen LogP contribution in [-0.2, 0) is 19.4 Å². The lowest BCUT2D eigenvalue weighted by Gasteiger charge is -2.09. The average molecular weight is 398 g/mol. The van der Waals surface area contributed by atoms with E-state index in [2.05, 4.69) is 40.6 Å². The topological polar surface area (TPSA) is 71.8 Å². The van der Waals surface area contributed by atoms with Gasteiger partial charge >= 0.3 is 6.03 Å². The minimum Gasteiger partial charge on any atom is -0.337 e. The van der Waals surface area contributed by atoms with Crippen LogP contribution in [0.4, 0.5) is 10.5 Å². The number of anilines is 1. The summed E-state index contributed by atoms with van der Waals surface area (Å²) in [5.41, 5.74) is 5.15. The summed E-state index contributed by atoms with van der Waals surface area (Å²) in [6.45, 7) is 9.48. The Morgan fingerprint density at radius 1 is 1.21 bits per heavy atom. The van der Waals surface area contributed by atoms with Gasteiger partial charge in [-0.1, -0.05) is 19.1 Å². The molecule has 148 valence electrons. The van der Waals surface area contributed by atoms with Crippen molar-refractivity contribution >= 4 is 23.1 Å². The number of aromatic nitrogens is 3. The van der Waals surface area contributed by atoms with Crippen molar-refractivity contribution in [2.75, 3.05) is 11.9 Å². The molecule has 2 N–H and O–H groups in total. The molecule has 2 heterocycles. The van der Waals surface area contributed by atoms with Crippen LogP contribution in [0, 0.1) is 20.8 Å². The summed E-state index contributed by atoms with van der Waals surface area (Å²) in [6, 6.07) is 9.71. The molecule has 0 unspecified atom stereocenters. The van der Waals surface area contributed by atoms with Crippen LogP contribution in [-0.4, -0.2) is 27.3 Å². The van der Waals surface area contributed by atoms with E-state index in [1.54, 1.807) is 11.3 Å². The van der Waals surface area contributed by atoms with Gasteiger partial charge in [-0.25, -0.2) is 9.78 Å². The Morgan fingerprint density at radius 3 is 2.71 bits per heavy atom. The first kappa shape index (κ1) is 20.1. The lowest BCUT2D eigenvalue weighted by atomic mass is 10.2. The van der Waals surface area contributed by atoms with Gasteiger partial charge in [0.1, 0.15) is 0 Å². The van der Waals surface area contributed by atoms with Crippen molar-refractivity contribution in [3.63, 3.8) is 0 Å². The maximum atomic E-state index is 12.2. The highest BCUT2D eigenvalue weighted by Crippen LogP contribution is 2.18. The summed E-state index contributed by atoms with van der Waals surface area (Å²) in [7, 11) is 0. The molecule has 3 rings (SSSR count). The van der Waals surface area contributed by atoms with Crippen LogP contribution in [0.2, 0.25) is 0 Å². The smallest absolute Gasteiger partial charge is 0.319 e. The molecule has 2 aromatic heterocycles. The van der Waals surface area contributed by atoms with Gasteiger partial charge in [-0.05, 0) is 51.0 Å². The Morgan fingerprint density at radius 2 is 2.04 bits per heavy atom. The molecule has 3 aromatic rings. The molecule has 6 nitrogen and oxygen atoms in total. The van der Waals surface area contributed by atoms with E-state index in [4.69, 9.17) is 0 Å². The van der Waals surface area contributed by atoms with Crippen molar-refractivity contribution in [1.82, 2.24) is 20.1 Å². The standard InChI is InChI=1S/C21H27N5OS/c1-5-19-16(4)28-20(24-19)9-10-22-21(27)23-18-8-6-7-17(12-18)13-26-15(3)11-14(2)25-26/h6-8,11-12H,5,9-10,13H2,1-4H3,(H2,22,23,27). The van der Waals surface area contributed by atoms with Gasteiger partial charge in [0.25, 0.3) is 0 Å². The molecule has 0 bridgehead atoms. The molecular formula is C21H27N5OS. The SMILES string of the molecule is CCc1nc(CCNC(=O)Nc2cccc(Cn3nc(C)cc3C)c2)sc1C. The zero-order chi connectivity index (χ0) is 20.1. The van der Waals surface area contributed by atoms with Gasteiger partial charge in [0.15, 0.2) is 0 Å². The number of amides is 2. The van der Waals surface area contributed by atoms with E-state index in [-0.39, 0.29) is 6.03 Å². The summed E-state index contributed by atoms with van der Waals surface area (Å²) in [6.07, 6.45) is 1.70. The average Bonchev–Trinajstić information content (AvgIpc) is 3.16. The predicted molar refractivity (Wildman–Crippen MR) is 114 cm³/mol. The van der Waals surface area contributed by atoms with Crippen molar-refractivity contribution < 1.29 is 4.79 Å². The van der Waals surface area contributed by atoms with Gasteiger partial charge in [-0.2, -0.15) is 5.10 Å². The van der Waals surface area contributed by atoms with Crippen molar-refractivity contribution in [2.24, 2.45) is 0 Å². The minimum atomic E-state index is -0.202. The summed E-state index contributed by atoms with van der Waals surface area (Å²) in [4.78, 5) is 18.1. The summed E-state index contributed by atoms with van der Waals surface area (Å²) < 4.78 is 1.97. The maximum Gasteiger partial charge on any atom is 0.319 e. The summed E-state index contributed by atoms with van der Waals surface area (Å²) >= 11 is 1.71. The summed E-state index contributed by atoms with van der Waals surface area (Å²) in [5.74, 6) is 0. The number of hydrogen-bond acceptors (Lipinski definition) is 4. The van der Waals surface area contributed by atoms with Crippen molar-refractivity contribution in [1.29, 1.82) is 0 Å². The van der Waals surface area contributed by atoms with E-state index < -0.39 is 0 Å². The number of nitrogens with one attached hydrogen (secondary N) is 2. The number of carbonyl (C=O) groups excluding carboxylic acids is 1. The number of carbonyl (C=O) groups is 1. The zero-order valence-electron chi connectivity index (χ0n) is 16.9. The molecule has 0 atom stereocenters. The fraction of sp³-hybridized carbons (Fsp3) is 0.381. The number of hydrogen-bond donors (Lipinski definition) is 2. The molecule has 1 aromatic carbocycles. The van der Waals surface area contributed by atoms with Crippen molar-refractivity contribution in [3.05, 3.63) is 62.9 Å². The highest BCUT2D eigenvalue weighted by atomic mass is 32.1. The fourth-order valence-electron chi connectivity index (χ4n) is 3.14. The van der Waals surface area contributed by atoms with Gasteiger partial charge in [-0.15, -0.1) is 11.3 Å². The van der Waals surface area contributed by atoms with E-state index in [1.807, 2.05) is 42.8 Å². The van der Waals surface area contributed by atoms with Crippen LogP contribution < -0.4 is 10.6 Å². The fourth-order valence-corrected chi connectivity index (χ4v) is 4.16. The number of urea groups is 1. The van der Waals surface area contributed by atoms with Crippen LogP contribution in [0.1, 0.15) is 39.5 Å². The highest BCUT2D eigenvalue weighted by molar-refractivity contribution is 7.11. The van der Waals surface area contributed by atoms with E-state index in [1.165, 1.54) is 4.88 Å². The third kappa shape index (κ3) is 5.19. The minimum absolute atomic E-state index is 0.202. The van der Waals surface area contributed by atoms with Gasteiger partial charge in [0.2, 0.25) is 0 Å². The third-order valence-corrected chi connectivity index (χ3v) is 5.59. The molecule has 7 heteroatoms.